The molecule has 2 heterocycles. The lowest BCUT2D eigenvalue weighted by atomic mass is 10.1. The molecule has 8 heteroatoms. The van der Waals surface area contributed by atoms with Gasteiger partial charge in [0.25, 0.3) is 5.91 Å². The van der Waals surface area contributed by atoms with Crippen molar-refractivity contribution in [3.05, 3.63) is 40.9 Å². The molecule has 3 rings (SSSR count). The molecule has 1 N–H and O–H groups in total. The lowest BCUT2D eigenvalue weighted by Gasteiger charge is -2.32. The highest BCUT2D eigenvalue weighted by molar-refractivity contribution is 6.30. The average Bonchev–Trinajstić information content (AvgIpc) is 2.96. The van der Waals surface area contributed by atoms with Crippen LogP contribution in [0.15, 0.2) is 24.3 Å². The number of nitrogens with one attached hydrogen (secondary N) is 1. The molecule has 0 saturated carbocycles. The van der Waals surface area contributed by atoms with Gasteiger partial charge in [0.2, 0.25) is 11.7 Å². The zero-order valence-electron chi connectivity index (χ0n) is 14.2. The Morgan fingerprint density at radius 2 is 2.00 bits per heavy atom. The van der Waals surface area contributed by atoms with Gasteiger partial charge in [-0.25, -0.2) is 9.67 Å². The number of hydrogen-bond donors (Lipinski definition) is 1. The largest absolute Gasteiger partial charge is 0.352 e. The molecule has 2 amide bonds. The van der Waals surface area contributed by atoms with Crippen LogP contribution < -0.4 is 5.32 Å². The number of amides is 2. The van der Waals surface area contributed by atoms with Crippen LogP contribution in [0.1, 0.15) is 36.2 Å². The number of likely N-dealkylation sites (tertiary alicyclic amines) is 1. The van der Waals surface area contributed by atoms with E-state index < -0.39 is 0 Å². The number of nitrogens with zero attached hydrogens (tertiary/aromatic N) is 4. The summed E-state index contributed by atoms with van der Waals surface area (Å²) in [5.74, 6) is 0.489. The smallest absolute Gasteiger partial charge is 0.293 e. The molecular weight excluding hydrogens is 342 g/mol. The van der Waals surface area contributed by atoms with Crippen molar-refractivity contribution in [1.29, 1.82) is 0 Å². The zero-order valence-corrected chi connectivity index (χ0v) is 15.0. The van der Waals surface area contributed by atoms with Crippen molar-refractivity contribution in [2.75, 3.05) is 13.1 Å². The quantitative estimate of drug-likeness (QED) is 0.906. The van der Waals surface area contributed by atoms with Gasteiger partial charge in [0, 0.05) is 31.1 Å². The molecule has 1 aromatic heterocycles. The molecule has 1 aliphatic rings. The molecule has 7 nitrogen and oxygen atoms in total. The van der Waals surface area contributed by atoms with Gasteiger partial charge < -0.3 is 10.2 Å². The number of halogens is 1. The molecule has 1 fully saturated rings. The van der Waals surface area contributed by atoms with E-state index in [0.29, 0.717) is 23.9 Å². The summed E-state index contributed by atoms with van der Waals surface area (Å²) >= 11 is 5.91. The van der Waals surface area contributed by atoms with Crippen LogP contribution in [0.3, 0.4) is 0 Å². The van der Waals surface area contributed by atoms with Crippen LogP contribution in [0.5, 0.6) is 0 Å². The van der Waals surface area contributed by atoms with E-state index in [1.54, 1.807) is 28.6 Å². The highest BCUT2D eigenvalue weighted by Gasteiger charge is 2.27. The van der Waals surface area contributed by atoms with Gasteiger partial charge in [0.05, 0.1) is 5.69 Å². The summed E-state index contributed by atoms with van der Waals surface area (Å²) in [7, 11) is 0. The van der Waals surface area contributed by atoms with Crippen molar-refractivity contribution in [2.24, 2.45) is 0 Å². The minimum absolute atomic E-state index is 0.0188. The first-order chi connectivity index (χ1) is 11.9. The van der Waals surface area contributed by atoms with Crippen molar-refractivity contribution in [3.8, 4) is 5.69 Å². The number of piperidine rings is 1. The maximum Gasteiger partial charge on any atom is 0.293 e. The molecule has 2 aromatic rings. The second-order valence-corrected chi connectivity index (χ2v) is 6.60. The van der Waals surface area contributed by atoms with Gasteiger partial charge in [-0.15, -0.1) is 5.10 Å². The molecular formula is C17H20ClN5O2. The summed E-state index contributed by atoms with van der Waals surface area (Å²) in [5.41, 5.74) is 0.795. The molecule has 132 valence electrons. The molecule has 25 heavy (non-hydrogen) atoms. The Morgan fingerprint density at radius 3 is 2.68 bits per heavy atom. The van der Waals surface area contributed by atoms with Crippen LogP contribution in [0, 0.1) is 6.92 Å². The summed E-state index contributed by atoms with van der Waals surface area (Å²) in [6, 6.07) is 7.16. The predicted octanol–water partition coefficient (Wildman–Crippen LogP) is 1.97. The molecule has 0 radical (unpaired) electrons. The Balaban J connectivity index is 1.77. The third kappa shape index (κ3) is 3.99. The number of hydrogen-bond acceptors (Lipinski definition) is 4. The summed E-state index contributed by atoms with van der Waals surface area (Å²) in [4.78, 5) is 30.0. The molecule has 0 bridgehead atoms. The number of benzene rings is 1. The highest BCUT2D eigenvalue weighted by atomic mass is 35.5. The monoisotopic (exact) mass is 361 g/mol. The van der Waals surface area contributed by atoms with Gasteiger partial charge in [-0.3, -0.25) is 9.59 Å². The number of rotatable bonds is 3. The number of carbonyl (C=O) groups is 2. The van der Waals surface area contributed by atoms with E-state index in [1.807, 2.05) is 12.1 Å². The summed E-state index contributed by atoms with van der Waals surface area (Å²) < 4.78 is 1.62. The van der Waals surface area contributed by atoms with E-state index in [1.165, 1.54) is 6.92 Å². The topological polar surface area (TPSA) is 80.1 Å². The molecule has 1 atom stereocenters. The summed E-state index contributed by atoms with van der Waals surface area (Å²) in [6.45, 7) is 4.41. The second kappa shape index (κ2) is 7.23. The van der Waals surface area contributed by atoms with E-state index in [9.17, 15) is 9.59 Å². The lowest BCUT2D eigenvalue weighted by molar-refractivity contribution is -0.120. The van der Waals surface area contributed by atoms with Crippen LogP contribution in [0.25, 0.3) is 5.69 Å². The van der Waals surface area contributed by atoms with Crippen molar-refractivity contribution in [3.63, 3.8) is 0 Å². The van der Waals surface area contributed by atoms with E-state index in [2.05, 4.69) is 15.4 Å². The van der Waals surface area contributed by atoms with E-state index in [-0.39, 0.29) is 23.7 Å². The maximum atomic E-state index is 12.7. The van der Waals surface area contributed by atoms with Crippen LogP contribution >= 0.6 is 11.6 Å². The molecule has 1 saturated heterocycles. The molecule has 1 aromatic carbocycles. The minimum Gasteiger partial charge on any atom is -0.352 e. The second-order valence-electron chi connectivity index (χ2n) is 6.16. The van der Waals surface area contributed by atoms with Crippen molar-refractivity contribution < 1.29 is 9.59 Å². The normalized spacial score (nSPS) is 17.4. The fourth-order valence-corrected chi connectivity index (χ4v) is 3.14. The predicted molar refractivity (Wildman–Crippen MR) is 93.8 cm³/mol. The van der Waals surface area contributed by atoms with E-state index in [4.69, 9.17) is 11.6 Å². The van der Waals surface area contributed by atoms with Crippen LogP contribution in [-0.4, -0.2) is 50.6 Å². The maximum absolute atomic E-state index is 12.7. The standard InChI is InChI=1S/C17H20ClN5O2/c1-11-19-16(21-23(11)15-7-5-13(18)6-8-15)17(25)22-9-3-4-14(10-22)20-12(2)24/h5-8,14H,3-4,9-10H2,1-2H3,(H,20,24). The number of aryl methyl sites for hydroxylation is 1. The van der Waals surface area contributed by atoms with Gasteiger partial charge in [0.1, 0.15) is 5.82 Å². The Labute approximate surface area is 151 Å². The fraction of sp³-hybridized carbons (Fsp3) is 0.412. The van der Waals surface area contributed by atoms with Gasteiger partial charge in [-0.1, -0.05) is 11.6 Å². The van der Waals surface area contributed by atoms with Crippen LogP contribution in [-0.2, 0) is 4.79 Å². The van der Waals surface area contributed by atoms with Crippen LogP contribution in [0.4, 0.5) is 0 Å². The highest BCUT2D eigenvalue weighted by Crippen LogP contribution is 2.16. The summed E-state index contributed by atoms with van der Waals surface area (Å²) in [6.07, 6.45) is 1.71. The Hall–Kier alpha value is -2.41. The lowest BCUT2D eigenvalue weighted by Crippen LogP contribution is -2.49. The van der Waals surface area contributed by atoms with Gasteiger partial charge in [0.15, 0.2) is 0 Å². The first kappa shape index (κ1) is 17.4. The fourth-order valence-electron chi connectivity index (χ4n) is 3.02. The SMILES string of the molecule is CC(=O)NC1CCCN(C(=O)c2nc(C)n(-c3ccc(Cl)cc3)n2)C1. The molecule has 1 aliphatic heterocycles. The summed E-state index contributed by atoms with van der Waals surface area (Å²) in [5, 5.41) is 7.86. The Bertz CT molecular complexity index is 787. The first-order valence-corrected chi connectivity index (χ1v) is 8.58. The number of carbonyl (C=O) groups excluding carboxylic acids is 2. The van der Waals surface area contributed by atoms with Gasteiger partial charge in [-0.2, -0.15) is 0 Å². The number of aromatic nitrogens is 3. The van der Waals surface area contributed by atoms with Crippen LogP contribution in [0.2, 0.25) is 5.02 Å². The zero-order chi connectivity index (χ0) is 18.0. The van der Waals surface area contributed by atoms with E-state index >= 15 is 0 Å². The van der Waals surface area contributed by atoms with Crippen molar-refractivity contribution in [1.82, 2.24) is 25.0 Å². The third-order valence-electron chi connectivity index (χ3n) is 4.15. The average molecular weight is 362 g/mol. The molecule has 0 aliphatic carbocycles. The first-order valence-electron chi connectivity index (χ1n) is 8.20. The van der Waals surface area contributed by atoms with E-state index in [0.717, 1.165) is 18.5 Å². The molecule has 0 spiro atoms. The Morgan fingerprint density at radius 1 is 1.28 bits per heavy atom. The Kier molecular flexibility index (Phi) is 5.03. The van der Waals surface area contributed by atoms with Crippen molar-refractivity contribution >= 4 is 23.4 Å². The third-order valence-corrected chi connectivity index (χ3v) is 4.40. The van der Waals surface area contributed by atoms with Gasteiger partial charge >= 0.3 is 0 Å². The molecule has 1 unspecified atom stereocenters. The van der Waals surface area contributed by atoms with Gasteiger partial charge in [-0.05, 0) is 44.0 Å². The van der Waals surface area contributed by atoms with Crippen molar-refractivity contribution in [2.45, 2.75) is 32.7 Å². The minimum atomic E-state index is -0.217.